The molecule has 0 spiro atoms. The van der Waals surface area contributed by atoms with Crippen molar-refractivity contribution in [1.29, 1.82) is 0 Å². The van der Waals surface area contributed by atoms with Crippen molar-refractivity contribution < 1.29 is 13.9 Å². The third kappa shape index (κ3) is 4.81. The minimum absolute atomic E-state index is 0.170. The second-order valence-electron chi connectivity index (χ2n) is 4.04. The Bertz CT molecular complexity index is 331. The summed E-state index contributed by atoms with van der Waals surface area (Å²) in [6.45, 7) is 5.06. The molecule has 1 rings (SSSR count). The lowest BCUT2D eigenvalue weighted by molar-refractivity contribution is -0.0114. The van der Waals surface area contributed by atoms with Gasteiger partial charge in [0.15, 0.2) is 0 Å². The lowest BCUT2D eigenvalue weighted by Gasteiger charge is -2.17. The molecule has 0 fully saturated rings. The van der Waals surface area contributed by atoms with Gasteiger partial charge >= 0.3 is 0 Å². The summed E-state index contributed by atoms with van der Waals surface area (Å²) in [7, 11) is 0. The first kappa shape index (κ1) is 14.1. The van der Waals surface area contributed by atoms with Crippen molar-refractivity contribution in [2.45, 2.75) is 26.1 Å². The zero-order valence-corrected chi connectivity index (χ0v) is 10.4. The molecule has 0 heterocycles. The fraction of sp³-hybridized carbons (Fsp3) is 0.538. The summed E-state index contributed by atoms with van der Waals surface area (Å²) in [6.07, 6.45) is -0.240. The Balaban J connectivity index is 2.46. The summed E-state index contributed by atoms with van der Waals surface area (Å²) in [6, 6.07) is 6.52. The first-order valence-corrected chi connectivity index (χ1v) is 5.82. The molecule has 0 bridgehead atoms. The second-order valence-corrected chi connectivity index (χ2v) is 4.04. The number of hydrogen-bond donors (Lipinski definition) is 1. The van der Waals surface area contributed by atoms with E-state index in [1.165, 1.54) is 6.07 Å². The van der Waals surface area contributed by atoms with Crippen LogP contribution < -0.4 is 5.73 Å². The lowest BCUT2D eigenvalue weighted by Crippen LogP contribution is -2.20. The predicted molar refractivity (Wildman–Crippen MR) is 65.2 cm³/mol. The average molecular weight is 241 g/mol. The zero-order chi connectivity index (χ0) is 12.7. The molecular formula is C13H20FNO2. The Morgan fingerprint density at radius 3 is 2.41 bits per heavy atom. The minimum atomic E-state index is -0.410. The molecule has 2 N–H and O–H groups in total. The van der Waals surface area contributed by atoms with Gasteiger partial charge in [-0.2, -0.15) is 0 Å². The van der Waals surface area contributed by atoms with E-state index in [1.54, 1.807) is 18.2 Å². The number of nitrogens with two attached hydrogens (primary N) is 1. The van der Waals surface area contributed by atoms with Crippen molar-refractivity contribution >= 4 is 0 Å². The van der Waals surface area contributed by atoms with Crippen molar-refractivity contribution in [2.24, 2.45) is 5.73 Å². The summed E-state index contributed by atoms with van der Waals surface area (Å²) in [5.41, 5.74) is 6.08. The van der Waals surface area contributed by atoms with Gasteiger partial charge in [-0.3, -0.25) is 0 Å². The topological polar surface area (TPSA) is 44.5 Å². The molecule has 0 radical (unpaired) electrons. The van der Waals surface area contributed by atoms with Gasteiger partial charge in [-0.1, -0.05) is 18.2 Å². The molecule has 17 heavy (non-hydrogen) atoms. The molecule has 0 aliphatic heterocycles. The van der Waals surface area contributed by atoms with Gasteiger partial charge in [0.1, 0.15) is 5.82 Å². The zero-order valence-electron chi connectivity index (χ0n) is 10.4. The summed E-state index contributed by atoms with van der Waals surface area (Å²) < 4.78 is 24.4. The van der Waals surface area contributed by atoms with Crippen LogP contribution >= 0.6 is 0 Å². The maximum absolute atomic E-state index is 13.5. The van der Waals surface area contributed by atoms with Crippen LogP contribution in [0.25, 0.3) is 0 Å². The van der Waals surface area contributed by atoms with Crippen molar-refractivity contribution in [3.63, 3.8) is 0 Å². The maximum Gasteiger partial charge on any atom is 0.129 e. The van der Waals surface area contributed by atoms with E-state index in [-0.39, 0.29) is 18.5 Å². The van der Waals surface area contributed by atoms with Crippen LogP contribution in [-0.2, 0) is 9.47 Å². The first-order chi connectivity index (χ1) is 8.15. The minimum Gasteiger partial charge on any atom is -0.376 e. The molecule has 96 valence electrons. The van der Waals surface area contributed by atoms with E-state index in [1.807, 2.05) is 13.8 Å². The van der Waals surface area contributed by atoms with Crippen molar-refractivity contribution in [3.05, 3.63) is 35.6 Å². The number of halogens is 1. The van der Waals surface area contributed by atoms with Gasteiger partial charge in [0.25, 0.3) is 0 Å². The van der Waals surface area contributed by atoms with E-state index in [0.717, 1.165) is 0 Å². The molecule has 0 saturated carbocycles. The van der Waals surface area contributed by atoms with E-state index in [4.69, 9.17) is 15.2 Å². The maximum atomic E-state index is 13.5. The van der Waals surface area contributed by atoms with Gasteiger partial charge in [0.05, 0.1) is 25.4 Å². The number of ether oxygens (including phenoxy) is 2. The lowest BCUT2D eigenvalue weighted by atomic mass is 10.1. The first-order valence-electron chi connectivity index (χ1n) is 5.82. The Labute approximate surface area is 102 Å². The monoisotopic (exact) mass is 241 g/mol. The third-order valence-electron chi connectivity index (χ3n) is 2.32. The van der Waals surface area contributed by atoms with Gasteiger partial charge in [-0.25, -0.2) is 4.39 Å². The second kappa shape index (κ2) is 7.37. The average Bonchev–Trinajstić information content (AvgIpc) is 2.30. The van der Waals surface area contributed by atoms with E-state index >= 15 is 0 Å². The van der Waals surface area contributed by atoms with Gasteiger partial charge in [-0.05, 0) is 19.9 Å². The summed E-state index contributed by atoms with van der Waals surface area (Å²) in [5, 5.41) is 0. The fourth-order valence-corrected chi connectivity index (χ4v) is 1.50. The molecule has 0 aliphatic carbocycles. The molecule has 0 aromatic heterocycles. The number of hydrogen-bond acceptors (Lipinski definition) is 3. The summed E-state index contributed by atoms with van der Waals surface area (Å²) in [5.74, 6) is -0.285. The van der Waals surface area contributed by atoms with Crippen molar-refractivity contribution in [1.82, 2.24) is 0 Å². The smallest absolute Gasteiger partial charge is 0.129 e. The molecule has 0 saturated heterocycles. The molecule has 1 aromatic rings. The quantitative estimate of drug-likeness (QED) is 0.745. The van der Waals surface area contributed by atoms with E-state index in [0.29, 0.717) is 18.8 Å². The Morgan fingerprint density at radius 2 is 1.82 bits per heavy atom. The third-order valence-corrected chi connectivity index (χ3v) is 2.32. The highest BCUT2D eigenvalue weighted by molar-refractivity contribution is 5.20. The number of rotatable bonds is 7. The SMILES string of the molecule is CC(C)OCCOC(CN)c1ccccc1F. The summed E-state index contributed by atoms with van der Waals surface area (Å²) >= 11 is 0. The highest BCUT2D eigenvalue weighted by Gasteiger charge is 2.13. The van der Waals surface area contributed by atoms with Crippen LogP contribution in [0.15, 0.2) is 24.3 Å². The van der Waals surface area contributed by atoms with Crippen LogP contribution in [0, 0.1) is 5.82 Å². The Morgan fingerprint density at radius 1 is 1.18 bits per heavy atom. The molecule has 1 atom stereocenters. The van der Waals surface area contributed by atoms with Crippen LogP contribution in [0.4, 0.5) is 4.39 Å². The van der Waals surface area contributed by atoms with Gasteiger partial charge in [-0.15, -0.1) is 0 Å². The molecule has 4 heteroatoms. The van der Waals surface area contributed by atoms with Crippen LogP contribution in [0.1, 0.15) is 25.5 Å². The largest absolute Gasteiger partial charge is 0.376 e. The van der Waals surface area contributed by atoms with Crippen molar-refractivity contribution in [3.8, 4) is 0 Å². The van der Waals surface area contributed by atoms with Crippen molar-refractivity contribution in [2.75, 3.05) is 19.8 Å². The molecular weight excluding hydrogens is 221 g/mol. The van der Waals surface area contributed by atoms with Crippen LogP contribution in [0.2, 0.25) is 0 Å². The van der Waals surface area contributed by atoms with Crippen LogP contribution in [-0.4, -0.2) is 25.9 Å². The molecule has 0 aliphatic rings. The Hall–Kier alpha value is -0.970. The van der Waals surface area contributed by atoms with E-state index in [2.05, 4.69) is 0 Å². The van der Waals surface area contributed by atoms with E-state index < -0.39 is 6.10 Å². The van der Waals surface area contributed by atoms with Gasteiger partial charge < -0.3 is 15.2 Å². The standard InChI is InChI=1S/C13H20FNO2/c1-10(2)16-7-8-17-13(9-15)11-5-3-4-6-12(11)14/h3-6,10,13H,7-9,15H2,1-2H3. The molecule has 3 nitrogen and oxygen atoms in total. The summed E-state index contributed by atoms with van der Waals surface area (Å²) in [4.78, 5) is 0. The van der Waals surface area contributed by atoms with Gasteiger partial charge in [0.2, 0.25) is 0 Å². The van der Waals surface area contributed by atoms with Gasteiger partial charge in [0, 0.05) is 12.1 Å². The predicted octanol–water partition coefficient (Wildman–Crippen LogP) is 2.27. The van der Waals surface area contributed by atoms with E-state index in [9.17, 15) is 4.39 Å². The molecule has 1 unspecified atom stereocenters. The number of benzene rings is 1. The normalized spacial score (nSPS) is 13.0. The van der Waals surface area contributed by atoms with Crippen LogP contribution in [0.3, 0.4) is 0 Å². The molecule has 0 amide bonds. The Kier molecular flexibility index (Phi) is 6.11. The highest BCUT2D eigenvalue weighted by atomic mass is 19.1. The van der Waals surface area contributed by atoms with Crippen LogP contribution in [0.5, 0.6) is 0 Å². The highest BCUT2D eigenvalue weighted by Crippen LogP contribution is 2.19. The molecule has 1 aromatic carbocycles. The fourth-order valence-electron chi connectivity index (χ4n) is 1.50.